The smallest absolute Gasteiger partial charge is 0.310 e. The minimum Gasteiger partial charge on any atom is -0.455 e. The summed E-state index contributed by atoms with van der Waals surface area (Å²) in [6, 6.07) is 13.8. The topological polar surface area (TPSA) is 55.4 Å². The van der Waals surface area contributed by atoms with Gasteiger partial charge < -0.3 is 10.1 Å². The van der Waals surface area contributed by atoms with Crippen LogP contribution < -0.4 is 5.32 Å². The summed E-state index contributed by atoms with van der Waals surface area (Å²) in [6.07, 6.45) is 0.939. The molecule has 0 spiro atoms. The van der Waals surface area contributed by atoms with E-state index in [0.717, 1.165) is 23.1 Å². The minimum atomic E-state index is -0.396. The predicted molar refractivity (Wildman–Crippen MR) is 103 cm³/mol. The van der Waals surface area contributed by atoms with Gasteiger partial charge in [0.1, 0.15) is 0 Å². The maximum atomic E-state index is 12.1. The number of carbonyl (C=O) groups excluding carboxylic acids is 2. The van der Waals surface area contributed by atoms with Crippen molar-refractivity contribution in [2.45, 2.75) is 46.6 Å². The van der Waals surface area contributed by atoms with Gasteiger partial charge >= 0.3 is 5.97 Å². The molecule has 0 heterocycles. The third-order valence-electron chi connectivity index (χ3n) is 4.51. The van der Waals surface area contributed by atoms with Gasteiger partial charge in [0.05, 0.1) is 12.5 Å². The van der Waals surface area contributed by atoms with E-state index in [1.165, 1.54) is 11.1 Å². The molecule has 4 heteroatoms. The summed E-state index contributed by atoms with van der Waals surface area (Å²) in [5.74, 6) is -0.683. The summed E-state index contributed by atoms with van der Waals surface area (Å²) < 4.78 is 5.13. The van der Waals surface area contributed by atoms with Gasteiger partial charge in [-0.05, 0) is 49.4 Å². The summed E-state index contributed by atoms with van der Waals surface area (Å²) in [6.45, 7) is 7.81. The molecule has 0 unspecified atom stereocenters. The lowest BCUT2D eigenvalue weighted by atomic mass is 10.0. The fraction of sp³-hybridized carbons (Fsp3) is 0.364. The summed E-state index contributed by atoms with van der Waals surface area (Å²) in [5, 5.41) is 2.92. The highest BCUT2D eigenvalue weighted by atomic mass is 16.5. The number of hydrogen-bond acceptors (Lipinski definition) is 3. The Morgan fingerprint density at radius 2 is 1.69 bits per heavy atom. The largest absolute Gasteiger partial charge is 0.455 e. The van der Waals surface area contributed by atoms with E-state index in [1.54, 1.807) is 0 Å². The average molecular weight is 353 g/mol. The number of benzene rings is 2. The van der Waals surface area contributed by atoms with E-state index in [0.29, 0.717) is 0 Å². The normalized spacial score (nSPS) is 11.7. The Morgan fingerprint density at radius 1 is 1.00 bits per heavy atom. The van der Waals surface area contributed by atoms with Gasteiger partial charge in [-0.15, -0.1) is 0 Å². The van der Waals surface area contributed by atoms with Crippen molar-refractivity contribution in [3.63, 3.8) is 0 Å². The summed E-state index contributed by atoms with van der Waals surface area (Å²) in [5.41, 5.74) is 5.44. The molecule has 0 aliphatic heterocycles. The van der Waals surface area contributed by atoms with Crippen molar-refractivity contribution in [3.05, 3.63) is 70.3 Å². The molecule has 0 fully saturated rings. The molecule has 2 aromatic carbocycles. The third kappa shape index (κ3) is 5.73. The molecule has 2 rings (SSSR count). The van der Waals surface area contributed by atoms with Crippen molar-refractivity contribution in [2.24, 2.45) is 0 Å². The van der Waals surface area contributed by atoms with E-state index in [4.69, 9.17) is 4.74 Å². The molecule has 0 saturated carbocycles. The van der Waals surface area contributed by atoms with Gasteiger partial charge in [0.15, 0.2) is 6.61 Å². The molecule has 0 aliphatic rings. The molecule has 0 radical (unpaired) electrons. The molecule has 0 saturated heterocycles. The van der Waals surface area contributed by atoms with Crippen molar-refractivity contribution in [1.29, 1.82) is 0 Å². The second-order valence-electron chi connectivity index (χ2n) is 6.70. The van der Waals surface area contributed by atoms with Gasteiger partial charge in [0.2, 0.25) is 0 Å². The molecule has 4 nitrogen and oxygen atoms in total. The molecular weight excluding hydrogens is 326 g/mol. The lowest BCUT2D eigenvalue weighted by molar-refractivity contribution is -0.148. The van der Waals surface area contributed by atoms with Crippen LogP contribution in [0.15, 0.2) is 42.5 Å². The first kappa shape index (κ1) is 19.7. The highest BCUT2D eigenvalue weighted by molar-refractivity contribution is 5.81. The van der Waals surface area contributed by atoms with Crippen molar-refractivity contribution < 1.29 is 14.3 Å². The van der Waals surface area contributed by atoms with Gasteiger partial charge in [0.25, 0.3) is 5.91 Å². The standard InChI is InChI=1S/C22H27NO3/c1-5-20(19-10-6-15(2)7-11-19)23-21(24)14-26-22(25)13-18-9-8-16(3)17(4)12-18/h6-12,20H,5,13-14H2,1-4H3,(H,23,24)/t20-/m1/s1. The SMILES string of the molecule is CC[C@@H](NC(=O)COC(=O)Cc1ccc(C)c(C)c1)c1ccc(C)cc1. The zero-order valence-electron chi connectivity index (χ0n) is 16.0. The first-order valence-electron chi connectivity index (χ1n) is 8.96. The molecule has 1 N–H and O–H groups in total. The lowest BCUT2D eigenvalue weighted by Gasteiger charge is -2.17. The third-order valence-corrected chi connectivity index (χ3v) is 4.51. The predicted octanol–water partition coefficient (Wildman–Crippen LogP) is 3.97. The molecule has 26 heavy (non-hydrogen) atoms. The van der Waals surface area contributed by atoms with E-state index in [-0.39, 0.29) is 25.0 Å². The van der Waals surface area contributed by atoms with Crippen LogP contribution in [0.4, 0.5) is 0 Å². The number of ether oxygens (including phenoxy) is 1. The van der Waals surface area contributed by atoms with Crippen molar-refractivity contribution in [2.75, 3.05) is 6.61 Å². The second-order valence-corrected chi connectivity index (χ2v) is 6.70. The number of esters is 1. The Morgan fingerprint density at radius 3 is 2.31 bits per heavy atom. The van der Waals surface area contributed by atoms with Crippen molar-refractivity contribution in [3.8, 4) is 0 Å². The average Bonchev–Trinajstić information content (AvgIpc) is 2.62. The summed E-state index contributed by atoms with van der Waals surface area (Å²) in [4.78, 5) is 24.1. The van der Waals surface area contributed by atoms with E-state index < -0.39 is 5.97 Å². The zero-order valence-corrected chi connectivity index (χ0v) is 16.0. The molecule has 1 atom stereocenters. The van der Waals surface area contributed by atoms with Crippen LogP contribution in [0, 0.1) is 20.8 Å². The van der Waals surface area contributed by atoms with E-state index in [2.05, 4.69) is 5.32 Å². The fourth-order valence-corrected chi connectivity index (χ4v) is 2.73. The van der Waals surface area contributed by atoms with Gasteiger partial charge in [-0.1, -0.05) is 55.0 Å². The molecular formula is C22H27NO3. The number of hydrogen-bond donors (Lipinski definition) is 1. The first-order chi connectivity index (χ1) is 12.4. The highest BCUT2D eigenvalue weighted by Gasteiger charge is 2.14. The van der Waals surface area contributed by atoms with Crippen LogP contribution in [0.2, 0.25) is 0 Å². The Hall–Kier alpha value is -2.62. The second kappa shape index (κ2) is 9.18. The Kier molecular flexibility index (Phi) is 6.96. The Balaban J connectivity index is 1.83. The van der Waals surface area contributed by atoms with E-state index in [9.17, 15) is 9.59 Å². The molecule has 0 aliphatic carbocycles. The van der Waals surface area contributed by atoms with Crippen LogP contribution >= 0.6 is 0 Å². The van der Waals surface area contributed by atoms with Crippen molar-refractivity contribution in [1.82, 2.24) is 5.32 Å². The van der Waals surface area contributed by atoms with Gasteiger partial charge in [-0.3, -0.25) is 9.59 Å². The van der Waals surface area contributed by atoms with Crippen molar-refractivity contribution >= 4 is 11.9 Å². The molecule has 1 amide bonds. The van der Waals surface area contributed by atoms with E-state index in [1.807, 2.05) is 70.2 Å². The van der Waals surface area contributed by atoms with Crippen LogP contribution in [0.25, 0.3) is 0 Å². The number of amides is 1. The zero-order chi connectivity index (χ0) is 19.1. The van der Waals surface area contributed by atoms with Crippen LogP contribution in [-0.2, 0) is 20.7 Å². The molecule has 138 valence electrons. The van der Waals surface area contributed by atoms with Gasteiger partial charge in [-0.25, -0.2) is 0 Å². The summed E-state index contributed by atoms with van der Waals surface area (Å²) in [7, 11) is 0. The quantitative estimate of drug-likeness (QED) is 0.767. The Bertz CT molecular complexity index is 765. The molecule has 0 bridgehead atoms. The first-order valence-corrected chi connectivity index (χ1v) is 8.96. The molecule has 0 aromatic heterocycles. The Labute approximate surface area is 155 Å². The monoisotopic (exact) mass is 353 g/mol. The minimum absolute atomic E-state index is 0.0819. The summed E-state index contributed by atoms with van der Waals surface area (Å²) >= 11 is 0. The van der Waals surface area contributed by atoms with Gasteiger partial charge in [-0.2, -0.15) is 0 Å². The number of nitrogens with one attached hydrogen (secondary N) is 1. The van der Waals surface area contributed by atoms with Crippen LogP contribution in [-0.4, -0.2) is 18.5 Å². The van der Waals surface area contributed by atoms with Crippen LogP contribution in [0.5, 0.6) is 0 Å². The number of rotatable bonds is 7. The van der Waals surface area contributed by atoms with E-state index >= 15 is 0 Å². The maximum Gasteiger partial charge on any atom is 0.310 e. The fourth-order valence-electron chi connectivity index (χ4n) is 2.73. The molecule has 2 aromatic rings. The van der Waals surface area contributed by atoms with Crippen LogP contribution in [0.1, 0.15) is 47.2 Å². The highest BCUT2D eigenvalue weighted by Crippen LogP contribution is 2.17. The van der Waals surface area contributed by atoms with Gasteiger partial charge in [0, 0.05) is 0 Å². The van der Waals surface area contributed by atoms with Crippen LogP contribution in [0.3, 0.4) is 0 Å². The number of carbonyl (C=O) groups is 2. The lowest BCUT2D eigenvalue weighted by Crippen LogP contribution is -2.32. The maximum absolute atomic E-state index is 12.1. The number of aryl methyl sites for hydroxylation is 3.